The lowest BCUT2D eigenvalue weighted by atomic mass is 10.2. The van der Waals surface area contributed by atoms with Crippen molar-refractivity contribution in [3.63, 3.8) is 0 Å². The molecule has 25 heavy (non-hydrogen) atoms. The molecule has 0 spiro atoms. The van der Waals surface area contributed by atoms with Crippen molar-refractivity contribution >= 4 is 5.97 Å². The van der Waals surface area contributed by atoms with Crippen LogP contribution in [0.15, 0.2) is 48.6 Å². The molecule has 0 saturated heterocycles. The van der Waals surface area contributed by atoms with Crippen molar-refractivity contribution in [1.82, 2.24) is 0 Å². The van der Waals surface area contributed by atoms with Gasteiger partial charge in [0.25, 0.3) is 0 Å². The number of carbonyl (C=O) groups excluding carboxylic acids is 1. The molecule has 0 radical (unpaired) electrons. The molecule has 0 bridgehead atoms. The largest absolute Gasteiger partial charge is 0.466 e. The first-order chi connectivity index (χ1) is 12.3. The highest BCUT2D eigenvalue weighted by Gasteiger charge is 1.95. The number of carbonyl (C=O) groups is 1. The Morgan fingerprint density at radius 3 is 1.64 bits per heavy atom. The third kappa shape index (κ3) is 20.4. The van der Waals surface area contributed by atoms with Crippen molar-refractivity contribution in [2.75, 3.05) is 6.61 Å². The molecule has 0 aromatic rings. The predicted octanol–water partition coefficient (Wildman–Crippen LogP) is 7.09. The average molecular weight is 347 g/mol. The van der Waals surface area contributed by atoms with Gasteiger partial charge in [-0.1, -0.05) is 75.3 Å². The summed E-state index contributed by atoms with van der Waals surface area (Å²) in [5, 5.41) is 0. The van der Waals surface area contributed by atoms with Crippen LogP contribution in [-0.4, -0.2) is 12.6 Å². The van der Waals surface area contributed by atoms with E-state index in [2.05, 4.69) is 55.5 Å². The van der Waals surface area contributed by atoms with Crippen LogP contribution in [-0.2, 0) is 9.53 Å². The summed E-state index contributed by atoms with van der Waals surface area (Å²) in [6.45, 7) is 4.62. The fourth-order valence-corrected chi connectivity index (χ4v) is 2.21. The van der Waals surface area contributed by atoms with Gasteiger partial charge in [-0.3, -0.25) is 4.79 Å². The van der Waals surface area contributed by atoms with E-state index in [1.165, 1.54) is 25.7 Å². The molecule has 0 aromatic heterocycles. The SMILES string of the molecule is CCCCCC=CCC=CCC=CCC=CCCCCOC(=O)CC. The highest BCUT2D eigenvalue weighted by atomic mass is 16.5. The lowest BCUT2D eigenvalue weighted by Gasteiger charge is -2.01. The van der Waals surface area contributed by atoms with Gasteiger partial charge in [0.2, 0.25) is 0 Å². The van der Waals surface area contributed by atoms with Crippen LogP contribution in [0.3, 0.4) is 0 Å². The highest BCUT2D eigenvalue weighted by molar-refractivity contribution is 5.68. The van der Waals surface area contributed by atoms with Crippen LogP contribution >= 0.6 is 0 Å². The molecule has 0 aromatic carbocycles. The molecule has 0 amide bonds. The Labute approximate surface area is 155 Å². The average Bonchev–Trinajstić information content (AvgIpc) is 2.63. The summed E-state index contributed by atoms with van der Waals surface area (Å²) in [6.07, 6.45) is 29.7. The van der Waals surface area contributed by atoms with E-state index < -0.39 is 0 Å². The quantitative estimate of drug-likeness (QED) is 0.169. The highest BCUT2D eigenvalue weighted by Crippen LogP contribution is 2.01. The van der Waals surface area contributed by atoms with Gasteiger partial charge in [0.1, 0.15) is 0 Å². The van der Waals surface area contributed by atoms with E-state index in [0.717, 1.165) is 38.5 Å². The van der Waals surface area contributed by atoms with Crippen molar-refractivity contribution in [3.8, 4) is 0 Å². The second kappa shape index (κ2) is 20.5. The van der Waals surface area contributed by atoms with Crippen molar-refractivity contribution in [3.05, 3.63) is 48.6 Å². The fourth-order valence-electron chi connectivity index (χ4n) is 2.21. The summed E-state index contributed by atoms with van der Waals surface area (Å²) >= 11 is 0. The summed E-state index contributed by atoms with van der Waals surface area (Å²) in [4.78, 5) is 10.9. The lowest BCUT2D eigenvalue weighted by molar-refractivity contribution is -0.143. The number of unbranched alkanes of at least 4 members (excludes halogenated alkanes) is 5. The lowest BCUT2D eigenvalue weighted by Crippen LogP contribution is -2.03. The van der Waals surface area contributed by atoms with E-state index in [1.807, 2.05) is 6.92 Å². The first kappa shape index (κ1) is 23.4. The molecule has 2 heteroatoms. The van der Waals surface area contributed by atoms with Crippen LogP contribution in [0.25, 0.3) is 0 Å². The third-order valence-corrected chi connectivity index (χ3v) is 3.77. The summed E-state index contributed by atoms with van der Waals surface area (Å²) in [5.74, 6) is -0.0993. The predicted molar refractivity (Wildman–Crippen MR) is 110 cm³/mol. The maximum atomic E-state index is 10.9. The minimum atomic E-state index is -0.0993. The van der Waals surface area contributed by atoms with E-state index in [1.54, 1.807) is 0 Å². The molecule has 0 aliphatic heterocycles. The molecule has 0 rings (SSSR count). The molecule has 0 N–H and O–H groups in total. The van der Waals surface area contributed by atoms with Gasteiger partial charge < -0.3 is 4.74 Å². The molecular formula is C23H38O2. The van der Waals surface area contributed by atoms with E-state index in [0.29, 0.717) is 13.0 Å². The van der Waals surface area contributed by atoms with Gasteiger partial charge in [-0.05, 0) is 51.4 Å². The number of allylic oxidation sites excluding steroid dienone is 8. The van der Waals surface area contributed by atoms with Crippen molar-refractivity contribution in [2.24, 2.45) is 0 Å². The summed E-state index contributed by atoms with van der Waals surface area (Å²) in [6, 6.07) is 0. The number of rotatable bonds is 16. The molecule has 0 aliphatic rings. The minimum absolute atomic E-state index is 0.0993. The van der Waals surface area contributed by atoms with Crippen LogP contribution in [0.1, 0.15) is 84.5 Å². The van der Waals surface area contributed by atoms with Gasteiger partial charge >= 0.3 is 5.97 Å². The second-order valence-electron chi connectivity index (χ2n) is 6.16. The van der Waals surface area contributed by atoms with Gasteiger partial charge in [0.05, 0.1) is 6.61 Å². The van der Waals surface area contributed by atoms with Crippen molar-refractivity contribution in [2.45, 2.75) is 84.5 Å². The first-order valence-corrected chi connectivity index (χ1v) is 10.1. The zero-order valence-electron chi connectivity index (χ0n) is 16.4. The van der Waals surface area contributed by atoms with Gasteiger partial charge in [0, 0.05) is 6.42 Å². The van der Waals surface area contributed by atoms with E-state index >= 15 is 0 Å². The number of ether oxygens (including phenoxy) is 1. The van der Waals surface area contributed by atoms with E-state index in [9.17, 15) is 4.79 Å². The Bertz CT molecular complexity index is 402. The number of esters is 1. The molecule has 0 atom stereocenters. The molecule has 2 nitrogen and oxygen atoms in total. The number of hydrogen-bond donors (Lipinski definition) is 0. The van der Waals surface area contributed by atoms with Gasteiger partial charge in [0.15, 0.2) is 0 Å². The van der Waals surface area contributed by atoms with E-state index in [-0.39, 0.29) is 5.97 Å². The maximum Gasteiger partial charge on any atom is 0.305 e. The molecule has 0 unspecified atom stereocenters. The second-order valence-corrected chi connectivity index (χ2v) is 6.16. The Balaban J connectivity index is 3.39. The molecule has 0 saturated carbocycles. The first-order valence-electron chi connectivity index (χ1n) is 10.1. The van der Waals surface area contributed by atoms with Crippen LogP contribution in [0.5, 0.6) is 0 Å². The molecule has 142 valence electrons. The van der Waals surface area contributed by atoms with Gasteiger partial charge in [-0.15, -0.1) is 0 Å². The zero-order valence-corrected chi connectivity index (χ0v) is 16.4. The Kier molecular flexibility index (Phi) is 19.2. The van der Waals surface area contributed by atoms with Crippen LogP contribution in [0.2, 0.25) is 0 Å². The van der Waals surface area contributed by atoms with Gasteiger partial charge in [-0.2, -0.15) is 0 Å². The van der Waals surface area contributed by atoms with Gasteiger partial charge in [-0.25, -0.2) is 0 Å². The monoisotopic (exact) mass is 346 g/mol. The molecule has 0 aliphatic carbocycles. The van der Waals surface area contributed by atoms with E-state index in [4.69, 9.17) is 4.74 Å². The van der Waals surface area contributed by atoms with Crippen LogP contribution < -0.4 is 0 Å². The fraction of sp³-hybridized carbons (Fsp3) is 0.609. The topological polar surface area (TPSA) is 26.3 Å². The minimum Gasteiger partial charge on any atom is -0.466 e. The smallest absolute Gasteiger partial charge is 0.305 e. The standard InChI is InChI=1S/C23H38O2/c1-3-5-6-7-8-9-10-11-12-13-14-15-16-17-18-19-20-21-22-25-23(24)4-2/h8-9,11-12,14-15,17-18H,3-7,10,13,16,19-22H2,1-2H3. The molecule has 0 fully saturated rings. The Morgan fingerprint density at radius 1 is 0.680 bits per heavy atom. The molecule has 0 heterocycles. The Morgan fingerprint density at radius 2 is 1.16 bits per heavy atom. The van der Waals surface area contributed by atoms with Crippen molar-refractivity contribution in [1.29, 1.82) is 0 Å². The summed E-state index contributed by atoms with van der Waals surface area (Å²) in [7, 11) is 0. The number of hydrogen-bond acceptors (Lipinski definition) is 2. The van der Waals surface area contributed by atoms with Crippen LogP contribution in [0.4, 0.5) is 0 Å². The summed E-state index contributed by atoms with van der Waals surface area (Å²) in [5.41, 5.74) is 0. The maximum absolute atomic E-state index is 10.9. The molecular weight excluding hydrogens is 308 g/mol. The zero-order chi connectivity index (χ0) is 18.4. The van der Waals surface area contributed by atoms with Crippen molar-refractivity contribution < 1.29 is 9.53 Å². The third-order valence-electron chi connectivity index (χ3n) is 3.77. The summed E-state index contributed by atoms with van der Waals surface area (Å²) < 4.78 is 5.04. The Hall–Kier alpha value is -1.57. The van der Waals surface area contributed by atoms with Crippen LogP contribution in [0, 0.1) is 0 Å². The normalized spacial score (nSPS) is 12.2.